The third kappa shape index (κ3) is 1190. The Labute approximate surface area is 43.0 Å². The van der Waals surface area contributed by atoms with Crippen LogP contribution in [0.25, 0.3) is 0 Å². The molecule has 0 saturated heterocycles. The first-order valence-electron chi connectivity index (χ1n) is 1.14. The summed E-state index contributed by atoms with van der Waals surface area (Å²) in [7, 11) is 0. The van der Waals surface area contributed by atoms with Crippen molar-refractivity contribution in [2.75, 3.05) is 0 Å². The minimum atomic E-state index is -2.86. The lowest BCUT2D eigenvalue weighted by Gasteiger charge is -1.83. The summed E-state index contributed by atoms with van der Waals surface area (Å²) in [4.78, 5) is 0. The first kappa shape index (κ1) is 9.88. The highest BCUT2D eigenvalue weighted by molar-refractivity contribution is 7.73. The van der Waals surface area contributed by atoms with Crippen LogP contribution in [0, 0.1) is 0 Å². The van der Waals surface area contributed by atoms with E-state index in [-0.39, 0.29) is 6.33 Å². The minimum absolute atomic E-state index is 0.250. The fraction of sp³-hybridized carbons (Fsp3) is 0. The number of hydrogen-bond donors (Lipinski definition) is 1. The van der Waals surface area contributed by atoms with Crippen LogP contribution in [0.2, 0.25) is 0 Å². The largest absolute Gasteiger partial charge is 0.750 e. The normalized spacial score (nSPS) is 10.7. The molecule has 0 spiro atoms. The van der Waals surface area contributed by atoms with E-state index < -0.39 is 11.4 Å². The van der Waals surface area contributed by atoms with Crippen LogP contribution in [0.15, 0.2) is 12.9 Å². The van der Waals surface area contributed by atoms with Gasteiger partial charge in [0, 0.05) is 0 Å². The molecule has 0 amide bonds. The molecule has 1 unspecified atom stereocenters. The second kappa shape index (κ2) is 9.22. The Bertz CT molecular complexity index is 60.0. The molecule has 0 saturated carbocycles. The summed E-state index contributed by atoms with van der Waals surface area (Å²) in [6.45, 7) is 2.69. The summed E-state index contributed by atoms with van der Waals surface area (Å²) in [6, 6.07) is 0. The predicted molar refractivity (Wildman–Crippen MR) is 22.9 cm³/mol. The van der Waals surface area contributed by atoms with Crippen molar-refractivity contribution in [1.82, 2.24) is 0 Å². The van der Waals surface area contributed by atoms with Crippen molar-refractivity contribution in [2.24, 2.45) is 0 Å². The van der Waals surface area contributed by atoms with E-state index in [1.54, 1.807) is 0 Å². The van der Waals surface area contributed by atoms with Crippen LogP contribution in [0.5, 0.6) is 0 Å². The van der Waals surface area contributed by atoms with Crippen LogP contribution in [-0.4, -0.2) is 13.3 Å². The van der Waals surface area contributed by atoms with Crippen molar-refractivity contribution in [2.45, 2.75) is 0 Å². The van der Waals surface area contributed by atoms with Crippen molar-refractivity contribution in [1.29, 1.82) is 0 Å². The van der Waals surface area contributed by atoms with E-state index in [9.17, 15) is 4.39 Å². The van der Waals surface area contributed by atoms with Crippen LogP contribution in [0.3, 0.4) is 0 Å². The standard InChI is InChI=1S/C2H3F.H2O3S/c1-2-3;1-4(2)3/h2H,1H2;(H2,1,2,3)/p-1. The van der Waals surface area contributed by atoms with Gasteiger partial charge >= 0.3 is 0 Å². The highest BCUT2D eigenvalue weighted by atomic mass is 32.2. The van der Waals surface area contributed by atoms with Crippen molar-refractivity contribution in [3.63, 3.8) is 0 Å². The van der Waals surface area contributed by atoms with E-state index in [0.29, 0.717) is 0 Å². The molecule has 0 aliphatic rings. The molecule has 0 aliphatic heterocycles. The van der Waals surface area contributed by atoms with Gasteiger partial charge in [-0.05, 0) is 0 Å². The van der Waals surface area contributed by atoms with E-state index in [2.05, 4.69) is 6.58 Å². The van der Waals surface area contributed by atoms with Crippen LogP contribution in [0.1, 0.15) is 0 Å². The third-order valence-corrected chi connectivity index (χ3v) is 0. The molecule has 1 atom stereocenters. The molecule has 0 aromatic rings. The van der Waals surface area contributed by atoms with Gasteiger partial charge in [-0.15, -0.1) is 0 Å². The molecule has 1 N–H and O–H groups in total. The lowest BCUT2D eigenvalue weighted by molar-refractivity contribution is 0.436. The van der Waals surface area contributed by atoms with E-state index in [1.807, 2.05) is 0 Å². The molecular formula is C2H4FO3S-. The second-order valence-corrected chi connectivity index (χ2v) is 0.806. The molecule has 7 heavy (non-hydrogen) atoms. The molecule has 0 fully saturated rings. The van der Waals surface area contributed by atoms with Crippen molar-refractivity contribution < 1.29 is 17.7 Å². The van der Waals surface area contributed by atoms with Gasteiger partial charge in [0.2, 0.25) is 0 Å². The maximum absolute atomic E-state index is 10.1. The van der Waals surface area contributed by atoms with Gasteiger partial charge in [0.05, 0.1) is 17.7 Å². The highest BCUT2D eigenvalue weighted by Gasteiger charge is 1.42. The Hall–Kier alpha value is -0.260. The molecular weight excluding hydrogens is 123 g/mol. The maximum Gasteiger partial charge on any atom is 0.0814 e. The molecule has 0 aliphatic carbocycles. The van der Waals surface area contributed by atoms with Gasteiger partial charge in [-0.3, -0.25) is 0 Å². The summed E-state index contributed by atoms with van der Waals surface area (Å²) in [5.41, 5.74) is 0. The Morgan fingerprint density at radius 3 is 2.00 bits per heavy atom. The van der Waals surface area contributed by atoms with Gasteiger partial charge in [0.25, 0.3) is 0 Å². The Morgan fingerprint density at radius 1 is 2.00 bits per heavy atom. The van der Waals surface area contributed by atoms with E-state index >= 15 is 0 Å². The third-order valence-electron chi connectivity index (χ3n) is 0. The summed E-state index contributed by atoms with van der Waals surface area (Å²) in [5.74, 6) is 0. The molecule has 0 heterocycles. The van der Waals surface area contributed by atoms with Gasteiger partial charge in [0.15, 0.2) is 0 Å². The molecule has 5 heteroatoms. The van der Waals surface area contributed by atoms with E-state index in [0.717, 1.165) is 0 Å². The van der Waals surface area contributed by atoms with E-state index in [4.69, 9.17) is 13.3 Å². The SMILES string of the molecule is C=CF.O=S([O-])O. The van der Waals surface area contributed by atoms with Crippen molar-refractivity contribution in [3.8, 4) is 0 Å². The Kier molecular flexibility index (Phi) is 13.0. The second-order valence-electron chi connectivity index (χ2n) is 0.371. The minimum Gasteiger partial charge on any atom is -0.750 e. The van der Waals surface area contributed by atoms with Gasteiger partial charge < -0.3 is 9.11 Å². The predicted octanol–water partition coefficient (Wildman–Crippen LogP) is 0.438. The number of rotatable bonds is 0. The quantitative estimate of drug-likeness (QED) is 0.480. The van der Waals surface area contributed by atoms with Gasteiger partial charge in [-0.2, -0.15) is 0 Å². The smallest absolute Gasteiger partial charge is 0.0814 e. The molecule has 0 bridgehead atoms. The average Bonchev–Trinajstić information content (AvgIpc) is 1.33. The van der Waals surface area contributed by atoms with Crippen LogP contribution < -0.4 is 0 Å². The van der Waals surface area contributed by atoms with E-state index in [1.165, 1.54) is 0 Å². The zero-order valence-electron chi connectivity index (χ0n) is 3.33. The lowest BCUT2D eigenvalue weighted by Crippen LogP contribution is -1.75. The first-order valence-corrected chi connectivity index (χ1v) is 2.17. The lowest BCUT2D eigenvalue weighted by atomic mass is 11.2. The van der Waals surface area contributed by atoms with Gasteiger partial charge in [-0.25, -0.2) is 8.60 Å². The summed E-state index contributed by atoms with van der Waals surface area (Å²) in [5, 5.41) is 0. The monoisotopic (exact) mass is 127 g/mol. The Balaban J connectivity index is 0. The number of halogens is 1. The fourth-order valence-electron chi connectivity index (χ4n) is 0. The van der Waals surface area contributed by atoms with Crippen molar-refractivity contribution >= 4 is 11.4 Å². The first-order chi connectivity index (χ1) is 3.15. The molecule has 0 rings (SSSR count). The average molecular weight is 127 g/mol. The number of hydrogen-bond acceptors (Lipinski definition) is 2. The summed E-state index contributed by atoms with van der Waals surface area (Å²) < 4.78 is 34.1. The molecule has 0 aromatic carbocycles. The van der Waals surface area contributed by atoms with Crippen LogP contribution >= 0.6 is 0 Å². The van der Waals surface area contributed by atoms with Crippen LogP contribution in [0.4, 0.5) is 4.39 Å². The molecule has 44 valence electrons. The van der Waals surface area contributed by atoms with Crippen molar-refractivity contribution in [3.05, 3.63) is 12.9 Å². The van der Waals surface area contributed by atoms with Gasteiger partial charge in [0.1, 0.15) is 0 Å². The highest BCUT2D eigenvalue weighted by Crippen LogP contribution is 1.48. The van der Waals surface area contributed by atoms with Gasteiger partial charge in [-0.1, -0.05) is 6.58 Å². The zero-order chi connectivity index (χ0) is 6.28. The molecule has 0 aromatic heterocycles. The maximum atomic E-state index is 10.1. The summed E-state index contributed by atoms with van der Waals surface area (Å²) >= 11 is -2.86. The molecule has 3 nitrogen and oxygen atoms in total. The Morgan fingerprint density at radius 2 is 2.00 bits per heavy atom. The fourth-order valence-corrected chi connectivity index (χ4v) is 0. The summed E-state index contributed by atoms with van der Waals surface area (Å²) in [6.07, 6.45) is 0.250. The topological polar surface area (TPSA) is 60.4 Å². The van der Waals surface area contributed by atoms with Crippen LogP contribution in [-0.2, 0) is 11.4 Å². The zero-order valence-corrected chi connectivity index (χ0v) is 4.15. The molecule has 0 radical (unpaired) electrons.